The Bertz CT molecular complexity index is 300. The maximum atomic E-state index is 11.4. The predicted octanol–water partition coefficient (Wildman–Crippen LogP) is 1.20. The number of esters is 1. The van der Waals surface area contributed by atoms with E-state index in [4.69, 9.17) is 4.74 Å². The molecule has 0 aliphatic heterocycles. The lowest BCUT2D eigenvalue weighted by Crippen LogP contribution is -2.36. The first kappa shape index (κ1) is 14.5. The highest BCUT2D eigenvalue weighted by Gasteiger charge is 2.38. The van der Waals surface area contributed by atoms with Crippen LogP contribution in [-0.4, -0.2) is 29.3 Å². The summed E-state index contributed by atoms with van der Waals surface area (Å²) in [6, 6.07) is 0. The number of Topliss-reactive ketones (excluding diaryl/α,β-unsaturated/α-hetero) is 1. The number of ketones is 1. The monoisotopic (exact) mass is 231 g/mol. The lowest BCUT2D eigenvalue weighted by Gasteiger charge is -2.21. The molecule has 92 valence electrons. The van der Waals surface area contributed by atoms with E-state index in [9.17, 15) is 19.7 Å². The molecule has 0 aromatic rings. The summed E-state index contributed by atoms with van der Waals surface area (Å²) in [5.74, 6) is -0.973. The largest absolute Gasteiger partial charge is 0.463 e. The van der Waals surface area contributed by atoms with Gasteiger partial charge in [0.2, 0.25) is 6.54 Å². The van der Waals surface area contributed by atoms with Crippen LogP contribution in [0.15, 0.2) is 0 Å². The zero-order valence-electron chi connectivity index (χ0n) is 9.98. The highest BCUT2D eigenvalue weighted by molar-refractivity contribution is 5.86. The molecule has 0 N–H and O–H groups in total. The normalized spacial score (nSPS) is 14.3. The van der Waals surface area contributed by atoms with Crippen LogP contribution in [0.1, 0.15) is 34.1 Å². The minimum Gasteiger partial charge on any atom is -0.463 e. The minimum atomic E-state index is -1.28. The third-order valence-corrected chi connectivity index (χ3v) is 2.23. The van der Waals surface area contributed by atoms with Crippen molar-refractivity contribution in [2.24, 2.45) is 5.41 Å². The number of ether oxygens (including phenoxy) is 1. The molecular weight excluding hydrogens is 214 g/mol. The Labute approximate surface area is 94.1 Å². The lowest BCUT2D eigenvalue weighted by molar-refractivity contribution is -0.492. The van der Waals surface area contributed by atoms with Gasteiger partial charge in [0.25, 0.3) is 0 Å². The molecule has 0 fully saturated rings. The molecule has 16 heavy (non-hydrogen) atoms. The van der Waals surface area contributed by atoms with Gasteiger partial charge in [-0.25, -0.2) is 0 Å². The molecule has 0 bridgehead atoms. The van der Waals surface area contributed by atoms with Gasteiger partial charge in [0.15, 0.2) is 0 Å². The van der Waals surface area contributed by atoms with Crippen molar-refractivity contribution in [2.45, 2.75) is 40.2 Å². The maximum absolute atomic E-state index is 11.4. The summed E-state index contributed by atoms with van der Waals surface area (Å²) in [5.41, 5.74) is -1.28. The summed E-state index contributed by atoms with van der Waals surface area (Å²) in [6.45, 7) is 5.44. The van der Waals surface area contributed by atoms with E-state index >= 15 is 0 Å². The van der Waals surface area contributed by atoms with Crippen molar-refractivity contribution < 1.29 is 19.2 Å². The fraction of sp³-hybridized carbons (Fsp3) is 0.800. The molecule has 6 heteroatoms. The Morgan fingerprint density at radius 1 is 1.44 bits per heavy atom. The van der Waals surface area contributed by atoms with Crippen molar-refractivity contribution in [3.63, 3.8) is 0 Å². The summed E-state index contributed by atoms with van der Waals surface area (Å²) in [5, 5.41) is 10.4. The third-order valence-electron chi connectivity index (χ3n) is 2.23. The molecule has 1 atom stereocenters. The average molecular weight is 231 g/mol. The third kappa shape index (κ3) is 4.86. The molecule has 0 spiro atoms. The molecule has 0 heterocycles. The van der Waals surface area contributed by atoms with Gasteiger partial charge in [-0.1, -0.05) is 0 Å². The molecule has 0 aromatic heterocycles. The number of carbonyl (C=O) groups excluding carboxylic acids is 2. The zero-order valence-corrected chi connectivity index (χ0v) is 9.98. The molecule has 0 saturated heterocycles. The van der Waals surface area contributed by atoms with E-state index in [1.54, 1.807) is 13.8 Å². The number of hydrogen-bond donors (Lipinski definition) is 0. The van der Waals surface area contributed by atoms with Crippen molar-refractivity contribution in [1.29, 1.82) is 0 Å². The van der Waals surface area contributed by atoms with Gasteiger partial charge in [-0.05, 0) is 27.7 Å². The fourth-order valence-electron chi connectivity index (χ4n) is 1.20. The molecule has 6 nitrogen and oxygen atoms in total. The molecule has 0 amide bonds. The van der Waals surface area contributed by atoms with Crippen LogP contribution in [0.25, 0.3) is 0 Å². The molecule has 0 aliphatic carbocycles. The second-order valence-corrected chi connectivity index (χ2v) is 4.32. The first-order chi connectivity index (χ1) is 7.17. The van der Waals surface area contributed by atoms with Crippen LogP contribution in [0.5, 0.6) is 0 Å². The Balaban J connectivity index is 4.62. The van der Waals surface area contributed by atoms with Crippen LogP contribution in [0.4, 0.5) is 0 Å². The van der Waals surface area contributed by atoms with E-state index in [0.29, 0.717) is 0 Å². The maximum Gasteiger partial charge on any atom is 0.307 e. The van der Waals surface area contributed by atoms with Gasteiger partial charge in [0.1, 0.15) is 11.2 Å². The van der Waals surface area contributed by atoms with E-state index in [0.717, 1.165) is 0 Å². The Hall–Kier alpha value is -1.46. The first-order valence-electron chi connectivity index (χ1n) is 4.99. The van der Waals surface area contributed by atoms with Crippen molar-refractivity contribution in [3.05, 3.63) is 10.1 Å². The summed E-state index contributed by atoms with van der Waals surface area (Å²) in [6.07, 6.45) is -0.555. The van der Waals surface area contributed by atoms with Crippen LogP contribution in [0.2, 0.25) is 0 Å². The van der Waals surface area contributed by atoms with Gasteiger partial charge >= 0.3 is 5.97 Å². The molecule has 0 aromatic carbocycles. The van der Waals surface area contributed by atoms with Crippen LogP contribution in [0.3, 0.4) is 0 Å². The van der Waals surface area contributed by atoms with E-state index in [2.05, 4.69) is 0 Å². The molecular formula is C10H17NO5. The van der Waals surface area contributed by atoms with Crippen LogP contribution >= 0.6 is 0 Å². The van der Waals surface area contributed by atoms with Crippen LogP contribution in [0, 0.1) is 15.5 Å². The predicted molar refractivity (Wildman–Crippen MR) is 56.5 cm³/mol. The van der Waals surface area contributed by atoms with E-state index in [1.807, 2.05) is 0 Å². The smallest absolute Gasteiger partial charge is 0.307 e. The van der Waals surface area contributed by atoms with Gasteiger partial charge in [-0.2, -0.15) is 0 Å². The Kier molecular flexibility index (Phi) is 5.07. The second-order valence-electron chi connectivity index (χ2n) is 4.32. The molecule has 1 unspecified atom stereocenters. The van der Waals surface area contributed by atoms with Crippen LogP contribution < -0.4 is 0 Å². The van der Waals surface area contributed by atoms with Crippen LogP contribution in [-0.2, 0) is 14.3 Å². The Morgan fingerprint density at radius 3 is 2.25 bits per heavy atom. The number of rotatable bonds is 6. The van der Waals surface area contributed by atoms with Crippen molar-refractivity contribution in [1.82, 2.24) is 0 Å². The van der Waals surface area contributed by atoms with Gasteiger partial charge in [-0.15, -0.1) is 0 Å². The number of hydrogen-bond acceptors (Lipinski definition) is 5. The summed E-state index contributed by atoms with van der Waals surface area (Å²) in [4.78, 5) is 32.5. The summed E-state index contributed by atoms with van der Waals surface area (Å²) in [7, 11) is 0. The van der Waals surface area contributed by atoms with Gasteiger partial charge in [0, 0.05) is 4.92 Å². The van der Waals surface area contributed by atoms with Crippen molar-refractivity contribution in [2.75, 3.05) is 6.54 Å². The standard InChI is InChI=1S/C10H17NO5/c1-7(2)16-9(13)5-10(4,8(3)12)6-11(14)15/h7H,5-6H2,1-4H3. The fourth-order valence-corrected chi connectivity index (χ4v) is 1.20. The summed E-state index contributed by atoms with van der Waals surface area (Å²) >= 11 is 0. The average Bonchev–Trinajstić information content (AvgIpc) is 1.98. The topological polar surface area (TPSA) is 86.5 Å². The SMILES string of the molecule is CC(=O)C(C)(CC(=O)OC(C)C)C[N+](=O)[O-]. The van der Waals surface area contributed by atoms with Gasteiger partial charge in [-0.3, -0.25) is 19.7 Å². The minimum absolute atomic E-state index is 0.262. The van der Waals surface area contributed by atoms with E-state index in [-0.39, 0.29) is 18.3 Å². The number of nitro groups is 1. The van der Waals surface area contributed by atoms with E-state index < -0.39 is 22.9 Å². The number of nitrogens with zero attached hydrogens (tertiary/aromatic N) is 1. The van der Waals surface area contributed by atoms with Gasteiger partial charge < -0.3 is 4.74 Å². The first-order valence-corrected chi connectivity index (χ1v) is 4.99. The molecule has 0 rings (SSSR count). The van der Waals surface area contributed by atoms with E-state index in [1.165, 1.54) is 13.8 Å². The number of carbonyl (C=O) groups is 2. The highest BCUT2D eigenvalue weighted by atomic mass is 16.6. The molecule has 0 saturated carbocycles. The lowest BCUT2D eigenvalue weighted by atomic mass is 9.83. The van der Waals surface area contributed by atoms with Crippen molar-refractivity contribution in [3.8, 4) is 0 Å². The van der Waals surface area contributed by atoms with Crippen molar-refractivity contribution >= 4 is 11.8 Å². The quantitative estimate of drug-likeness (QED) is 0.389. The highest BCUT2D eigenvalue weighted by Crippen LogP contribution is 2.24. The second kappa shape index (κ2) is 5.58. The zero-order chi connectivity index (χ0) is 12.9. The molecule has 0 radical (unpaired) electrons. The Morgan fingerprint density at radius 2 is 1.94 bits per heavy atom. The summed E-state index contributed by atoms with van der Waals surface area (Å²) < 4.78 is 4.86. The molecule has 0 aliphatic rings. The van der Waals surface area contributed by atoms with Gasteiger partial charge in [0.05, 0.1) is 12.5 Å².